The van der Waals surface area contributed by atoms with Gasteiger partial charge < -0.3 is 9.47 Å². The van der Waals surface area contributed by atoms with Gasteiger partial charge in [-0.2, -0.15) is 0 Å². The highest BCUT2D eigenvalue weighted by atomic mass is 79.9. The standard InChI is InChI=1S/C21H20BrN3O3/c1-21(2,3)28-20(26)25(18-8-4-5-13-23-18)15-9-11-16(12-10-15)27-19-17(22)7-6-14-24-19/h4-14H,1-3H3. The van der Waals surface area contributed by atoms with Crippen molar-refractivity contribution in [3.63, 3.8) is 0 Å². The van der Waals surface area contributed by atoms with E-state index in [1.54, 1.807) is 48.8 Å². The Morgan fingerprint density at radius 2 is 1.68 bits per heavy atom. The molecule has 0 aliphatic carbocycles. The van der Waals surface area contributed by atoms with E-state index in [-0.39, 0.29) is 0 Å². The topological polar surface area (TPSA) is 64.5 Å². The summed E-state index contributed by atoms with van der Waals surface area (Å²) in [6, 6.07) is 16.1. The van der Waals surface area contributed by atoms with Crippen LogP contribution in [0.1, 0.15) is 20.8 Å². The monoisotopic (exact) mass is 441 g/mol. The molecule has 0 spiro atoms. The van der Waals surface area contributed by atoms with E-state index in [1.807, 2.05) is 39.0 Å². The molecule has 0 N–H and O–H groups in total. The average molecular weight is 442 g/mol. The van der Waals surface area contributed by atoms with Crippen LogP contribution in [0.2, 0.25) is 0 Å². The third kappa shape index (κ3) is 5.07. The molecule has 1 amide bonds. The summed E-state index contributed by atoms with van der Waals surface area (Å²) in [4.78, 5) is 22.7. The van der Waals surface area contributed by atoms with Crippen LogP contribution in [0.4, 0.5) is 16.3 Å². The SMILES string of the molecule is CC(C)(C)OC(=O)N(c1ccc(Oc2ncccc2Br)cc1)c1ccccn1. The lowest BCUT2D eigenvalue weighted by molar-refractivity contribution is 0.0598. The molecule has 0 fully saturated rings. The molecule has 144 valence electrons. The van der Waals surface area contributed by atoms with Crippen LogP contribution in [0.5, 0.6) is 11.6 Å². The number of hydrogen-bond donors (Lipinski definition) is 0. The number of carbonyl (C=O) groups is 1. The van der Waals surface area contributed by atoms with Crippen LogP contribution in [-0.2, 0) is 4.74 Å². The number of anilines is 2. The van der Waals surface area contributed by atoms with E-state index in [1.165, 1.54) is 4.90 Å². The molecule has 0 aliphatic rings. The zero-order valence-corrected chi connectivity index (χ0v) is 17.4. The highest BCUT2D eigenvalue weighted by Gasteiger charge is 2.25. The Morgan fingerprint density at radius 3 is 2.29 bits per heavy atom. The number of ether oxygens (including phenoxy) is 2. The summed E-state index contributed by atoms with van der Waals surface area (Å²) in [7, 11) is 0. The minimum Gasteiger partial charge on any atom is -0.443 e. The lowest BCUT2D eigenvalue weighted by Crippen LogP contribution is -2.34. The van der Waals surface area contributed by atoms with E-state index in [2.05, 4.69) is 25.9 Å². The highest BCUT2D eigenvalue weighted by Crippen LogP contribution is 2.31. The average Bonchev–Trinajstić information content (AvgIpc) is 2.65. The Labute approximate surface area is 172 Å². The van der Waals surface area contributed by atoms with Crippen molar-refractivity contribution in [2.75, 3.05) is 4.90 Å². The third-order valence-electron chi connectivity index (χ3n) is 3.49. The van der Waals surface area contributed by atoms with Crippen LogP contribution in [0.25, 0.3) is 0 Å². The van der Waals surface area contributed by atoms with Gasteiger partial charge in [0.05, 0.1) is 10.2 Å². The van der Waals surface area contributed by atoms with Crippen molar-refractivity contribution in [2.24, 2.45) is 0 Å². The Morgan fingerprint density at radius 1 is 0.964 bits per heavy atom. The molecule has 0 atom stereocenters. The fourth-order valence-corrected chi connectivity index (χ4v) is 2.68. The summed E-state index contributed by atoms with van der Waals surface area (Å²) in [6.07, 6.45) is 2.77. The van der Waals surface area contributed by atoms with Gasteiger partial charge in [-0.3, -0.25) is 0 Å². The lowest BCUT2D eigenvalue weighted by Gasteiger charge is -2.26. The summed E-state index contributed by atoms with van der Waals surface area (Å²) >= 11 is 3.40. The maximum absolute atomic E-state index is 12.8. The van der Waals surface area contributed by atoms with E-state index in [9.17, 15) is 4.79 Å². The maximum atomic E-state index is 12.8. The molecular formula is C21H20BrN3O3. The van der Waals surface area contributed by atoms with Gasteiger partial charge in [-0.1, -0.05) is 6.07 Å². The fraction of sp³-hybridized carbons (Fsp3) is 0.190. The fourth-order valence-electron chi connectivity index (χ4n) is 2.35. The molecule has 2 heterocycles. The van der Waals surface area contributed by atoms with Gasteiger partial charge in [-0.15, -0.1) is 0 Å². The van der Waals surface area contributed by atoms with Crippen molar-refractivity contribution in [3.8, 4) is 11.6 Å². The smallest absolute Gasteiger partial charge is 0.420 e. The zero-order chi connectivity index (χ0) is 20.1. The first-order valence-corrected chi connectivity index (χ1v) is 9.45. The van der Waals surface area contributed by atoms with E-state index >= 15 is 0 Å². The minimum atomic E-state index is -0.627. The van der Waals surface area contributed by atoms with Gasteiger partial charge in [-0.05, 0) is 85.2 Å². The first-order chi connectivity index (χ1) is 13.3. The van der Waals surface area contributed by atoms with Gasteiger partial charge >= 0.3 is 6.09 Å². The van der Waals surface area contributed by atoms with Gasteiger partial charge in [0.15, 0.2) is 0 Å². The van der Waals surface area contributed by atoms with Gasteiger partial charge in [0.2, 0.25) is 5.88 Å². The molecule has 2 aromatic heterocycles. The molecule has 0 unspecified atom stereocenters. The summed E-state index contributed by atoms with van der Waals surface area (Å²) in [5.41, 5.74) is -0.0151. The molecule has 0 radical (unpaired) electrons. The maximum Gasteiger partial charge on any atom is 0.420 e. The van der Waals surface area contributed by atoms with Crippen molar-refractivity contribution < 1.29 is 14.3 Å². The van der Waals surface area contributed by atoms with Gasteiger partial charge in [0.1, 0.15) is 17.2 Å². The summed E-state index contributed by atoms with van der Waals surface area (Å²) < 4.78 is 12.1. The van der Waals surface area contributed by atoms with Gasteiger partial charge in [0, 0.05) is 12.4 Å². The summed E-state index contributed by atoms with van der Waals surface area (Å²) in [6.45, 7) is 5.47. The first kappa shape index (κ1) is 19.8. The van der Waals surface area contributed by atoms with Crippen LogP contribution < -0.4 is 9.64 Å². The number of carbonyl (C=O) groups excluding carboxylic acids is 1. The Kier molecular flexibility index (Phi) is 5.94. The second kappa shape index (κ2) is 8.39. The van der Waals surface area contributed by atoms with E-state index in [0.29, 0.717) is 23.1 Å². The molecule has 28 heavy (non-hydrogen) atoms. The van der Waals surface area contributed by atoms with Crippen LogP contribution >= 0.6 is 15.9 Å². The molecule has 1 aromatic carbocycles. The molecule has 0 saturated heterocycles. The molecule has 0 bridgehead atoms. The molecule has 0 aliphatic heterocycles. The largest absolute Gasteiger partial charge is 0.443 e. The second-order valence-corrected chi connectivity index (χ2v) is 7.74. The Hall–Kier alpha value is -2.93. The van der Waals surface area contributed by atoms with Gasteiger partial charge in [-0.25, -0.2) is 19.7 Å². The van der Waals surface area contributed by atoms with E-state index < -0.39 is 11.7 Å². The van der Waals surface area contributed by atoms with Crippen LogP contribution in [0.3, 0.4) is 0 Å². The Bertz CT molecular complexity index is 941. The molecular weight excluding hydrogens is 422 g/mol. The van der Waals surface area contributed by atoms with Crippen molar-refractivity contribution >= 4 is 33.5 Å². The minimum absolute atomic E-state index is 0.462. The predicted octanol–water partition coefficient (Wildman–Crippen LogP) is 6.10. The van der Waals surface area contributed by atoms with Crippen LogP contribution in [0, 0.1) is 0 Å². The number of pyridine rings is 2. The predicted molar refractivity (Wildman–Crippen MR) is 111 cm³/mol. The second-order valence-electron chi connectivity index (χ2n) is 6.89. The van der Waals surface area contributed by atoms with Crippen molar-refractivity contribution in [1.29, 1.82) is 0 Å². The van der Waals surface area contributed by atoms with E-state index in [4.69, 9.17) is 9.47 Å². The normalized spacial score (nSPS) is 11.0. The Balaban J connectivity index is 1.88. The molecule has 7 heteroatoms. The number of aromatic nitrogens is 2. The van der Waals surface area contributed by atoms with Crippen LogP contribution in [-0.4, -0.2) is 21.7 Å². The van der Waals surface area contributed by atoms with Crippen LogP contribution in [0.15, 0.2) is 71.5 Å². The molecule has 3 aromatic rings. The molecule has 3 rings (SSSR count). The number of hydrogen-bond acceptors (Lipinski definition) is 5. The third-order valence-corrected chi connectivity index (χ3v) is 4.09. The highest BCUT2D eigenvalue weighted by molar-refractivity contribution is 9.10. The lowest BCUT2D eigenvalue weighted by atomic mass is 10.2. The number of nitrogens with zero attached hydrogens (tertiary/aromatic N) is 3. The first-order valence-electron chi connectivity index (χ1n) is 8.66. The number of rotatable bonds is 4. The summed E-state index contributed by atoms with van der Waals surface area (Å²) in [5, 5.41) is 0. The zero-order valence-electron chi connectivity index (χ0n) is 15.8. The number of amides is 1. The molecule has 0 saturated carbocycles. The van der Waals surface area contributed by atoms with Crippen molar-refractivity contribution in [2.45, 2.75) is 26.4 Å². The number of benzene rings is 1. The molecule has 6 nitrogen and oxygen atoms in total. The summed E-state index contributed by atoms with van der Waals surface area (Å²) in [5.74, 6) is 1.52. The van der Waals surface area contributed by atoms with E-state index in [0.717, 1.165) is 4.47 Å². The van der Waals surface area contributed by atoms with Crippen molar-refractivity contribution in [1.82, 2.24) is 9.97 Å². The van der Waals surface area contributed by atoms with Crippen molar-refractivity contribution in [3.05, 3.63) is 71.5 Å². The number of halogens is 1. The van der Waals surface area contributed by atoms with Gasteiger partial charge in [0.25, 0.3) is 0 Å². The quantitative estimate of drug-likeness (QED) is 0.488.